The summed E-state index contributed by atoms with van der Waals surface area (Å²) >= 11 is 0. The fourth-order valence-electron chi connectivity index (χ4n) is 2.18. The van der Waals surface area contributed by atoms with Crippen LogP contribution < -0.4 is 10.1 Å². The van der Waals surface area contributed by atoms with E-state index in [1.54, 1.807) is 0 Å². The number of hydrogen-bond acceptors (Lipinski definition) is 2. The van der Waals surface area contributed by atoms with Gasteiger partial charge in [-0.05, 0) is 36.6 Å². The van der Waals surface area contributed by atoms with Crippen molar-refractivity contribution in [2.24, 2.45) is 0 Å². The summed E-state index contributed by atoms with van der Waals surface area (Å²) < 4.78 is 5.91. The van der Waals surface area contributed by atoms with E-state index in [4.69, 9.17) is 4.74 Å². The average Bonchev–Trinajstić information content (AvgIpc) is 2.40. The summed E-state index contributed by atoms with van der Waals surface area (Å²) in [4.78, 5) is 0. The lowest BCUT2D eigenvalue weighted by atomic mass is 10.0. The molecule has 0 atom stereocenters. The van der Waals surface area contributed by atoms with Gasteiger partial charge in [0.25, 0.3) is 0 Å². The van der Waals surface area contributed by atoms with Gasteiger partial charge in [0, 0.05) is 6.54 Å². The van der Waals surface area contributed by atoms with E-state index < -0.39 is 0 Å². The Morgan fingerprint density at radius 1 is 0.941 bits per heavy atom. The average molecular weight is 225 g/mol. The van der Waals surface area contributed by atoms with Crippen molar-refractivity contribution in [3.63, 3.8) is 0 Å². The number of hydrogen-bond donors (Lipinski definition) is 1. The Balaban J connectivity index is 1.93. The van der Waals surface area contributed by atoms with Gasteiger partial charge in [-0.2, -0.15) is 0 Å². The molecule has 1 N–H and O–H groups in total. The molecule has 0 aliphatic carbocycles. The lowest BCUT2D eigenvalue weighted by Crippen LogP contribution is -2.12. The van der Waals surface area contributed by atoms with Crippen LogP contribution >= 0.6 is 0 Å². The first-order chi connectivity index (χ1) is 8.43. The van der Waals surface area contributed by atoms with Crippen LogP contribution in [0.15, 0.2) is 48.5 Å². The smallest absolute Gasteiger partial charge is 0.150 e. The minimum atomic E-state index is 0.883. The maximum atomic E-state index is 5.91. The van der Waals surface area contributed by atoms with Crippen LogP contribution in [-0.2, 0) is 6.42 Å². The molecule has 2 heteroatoms. The summed E-state index contributed by atoms with van der Waals surface area (Å²) in [7, 11) is 0. The van der Waals surface area contributed by atoms with E-state index in [9.17, 15) is 0 Å². The molecule has 0 saturated heterocycles. The molecule has 17 heavy (non-hydrogen) atoms. The monoisotopic (exact) mass is 225 g/mol. The number of ether oxygens (including phenoxy) is 1. The Labute approximate surface area is 101 Å². The number of nitrogens with one attached hydrogen (secondary N) is 1. The van der Waals surface area contributed by atoms with Gasteiger partial charge in [0.1, 0.15) is 5.75 Å². The summed E-state index contributed by atoms with van der Waals surface area (Å²) in [5, 5.41) is 3.43. The fourth-order valence-corrected chi connectivity index (χ4v) is 2.18. The van der Waals surface area contributed by atoms with Crippen LogP contribution in [0.3, 0.4) is 0 Å². The van der Waals surface area contributed by atoms with Gasteiger partial charge in [-0.1, -0.05) is 30.3 Å². The normalized spacial score (nSPS) is 13.6. The predicted molar refractivity (Wildman–Crippen MR) is 69.8 cm³/mol. The number of para-hydroxylation sites is 2. The van der Waals surface area contributed by atoms with Crippen molar-refractivity contribution < 1.29 is 4.74 Å². The van der Waals surface area contributed by atoms with Crippen molar-refractivity contribution in [1.82, 2.24) is 0 Å². The summed E-state index contributed by atoms with van der Waals surface area (Å²) in [6, 6.07) is 16.2. The highest BCUT2D eigenvalue weighted by Crippen LogP contribution is 2.34. The first-order valence-electron chi connectivity index (χ1n) is 6.02. The second-order valence-corrected chi connectivity index (χ2v) is 4.24. The molecule has 2 aromatic carbocycles. The number of fused-ring (bicyclic) bond motifs is 1. The van der Waals surface area contributed by atoms with Crippen molar-refractivity contribution in [3.8, 4) is 11.5 Å². The van der Waals surface area contributed by atoms with Gasteiger partial charge in [0.15, 0.2) is 5.75 Å². The summed E-state index contributed by atoms with van der Waals surface area (Å²) in [5.74, 6) is 1.81. The van der Waals surface area contributed by atoms with Crippen LogP contribution in [0.25, 0.3) is 0 Å². The second-order valence-electron chi connectivity index (χ2n) is 4.24. The molecule has 0 saturated carbocycles. The molecule has 2 aromatic rings. The third-order valence-corrected chi connectivity index (χ3v) is 3.01. The highest BCUT2D eigenvalue weighted by atomic mass is 16.5. The molecule has 0 spiro atoms. The van der Waals surface area contributed by atoms with Gasteiger partial charge in [-0.25, -0.2) is 0 Å². The Morgan fingerprint density at radius 2 is 1.82 bits per heavy atom. The third kappa shape index (κ3) is 2.11. The molecular weight excluding hydrogens is 210 g/mol. The van der Waals surface area contributed by atoms with Crippen molar-refractivity contribution in [3.05, 3.63) is 54.1 Å². The fraction of sp³-hybridized carbons (Fsp3) is 0.200. The Morgan fingerprint density at radius 3 is 2.71 bits per heavy atom. The van der Waals surface area contributed by atoms with Crippen LogP contribution in [-0.4, -0.2) is 6.54 Å². The lowest BCUT2D eigenvalue weighted by Gasteiger charge is -2.20. The van der Waals surface area contributed by atoms with Crippen LogP contribution in [0.4, 0.5) is 5.69 Å². The molecule has 0 radical (unpaired) electrons. The van der Waals surface area contributed by atoms with Crippen LogP contribution in [0.1, 0.15) is 12.0 Å². The maximum Gasteiger partial charge on any atom is 0.150 e. The highest BCUT2D eigenvalue weighted by Gasteiger charge is 2.13. The zero-order valence-corrected chi connectivity index (χ0v) is 9.65. The lowest BCUT2D eigenvalue weighted by molar-refractivity contribution is 0.483. The SMILES string of the molecule is c1ccc(Oc2cccc3c2NCCC3)cc1. The summed E-state index contributed by atoms with van der Waals surface area (Å²) in [6.45, 7) is 1.03. The number of rotatable bonds is 2. The van der Waals surface area contributed by atoms with E-state index in [0.717, 1.165) is 30.2 Å². The second kappa shape index (κ2) is 4.50. The first kappa shape index (κ1) is 10.2. The van der Waals surface area contributed by atoms with Gasteiger partial charge >= 0.3 is 0 Å². The molecule has 3 rings (SSSR count). The molecule has 0 bridgehead atoms. The van der Waals surface area contributed by atoms with E-state index in [1.165, 1.54) is 12.0 Å². The quantitative estimate of drug-likeness (QED) is 0.838. The highest BCUT2D eigenvalue weighted by molar-refractivity contribution is 5.64. The Kier molecular flexibility index (Phi) is 2.70. The zero-order valence-electron chi connectivity index (χ0n) is 9.65. The first-order valence-corrected chi connectivity index (χ1v) is 6.02. The minimum Gasteiger partial charge on any atom is -0.455 e. The predicted octanol–water partition coefficient (Wildman–Crippen LogP) is 3.84. The number of aryl methyl sites for hydroxylation is 1. The molecule has 0 fully saturated rings. The van der Waals surface area contributed by atoms with Gasteiger partial charge in [0.2, 0.25) is 0 Å². The molecule has 1 heterocycles. The maximum absolute atomic E-state index is 5.91. The van der Waals surface area contributed by atoms with E-state index in [0.29, 0.717) is 0 Å². The van der Waals surface area contributed by atoms with Gasteiger partial charge < -0.3 is 10.1 Å². The Bertz CT molecular complexity index is 508. The molecule has 0 amide bonds. The van der Waals surface area contributed by atoms with Gasteiger partial charge in [-0.3, -0.25) is 0 Å². The number of anilines is 1. The van der Waals surface area contributed by atoms with Gasteiger partial charge in [-0.15, -0.1) is 0 Å². The summed E-state index contributed by atoms with van der Waals surface area (Å²) in [6.07, 6.45) is 2.33. The molecule has 2 nitrogen and oxygen atoms in total. The molecular formula is C15H15NO. The van der Waals surface area contributed by atoms with E-state index in [2.05, 4.69) is 17.4 Å². The van der Waals surface area contributed by atoms with Crippen molar-refractivity contribution in [1.29, 1.82) is 0 Å². The van der Waals surface area contributed by atoms with E-state index in [1.807, 2.05) is 36.4 Å². The Hall–Kier alpha value is -1.96. The van der Waals surface area contributed by atoms with Crippen LogP contribution in [0, 0.1) is 0 Å². The number of benzene rings is 2. The molecule has 86 valence electrons. The largest absolute Gasteiger partial charge is 0.455 e. The molecule has 0 unspecified atom stereocenters. The molecule has 0 aromatic heterocycles. The summed E-state index contributed by atoms with van der Waals surface area (Å²) in [5.41, 5.74) is 2.51. The zero-order chi connectivity index (χ0) is 11.5. The molecule has 1 aliphatic heterocycles. The van der Waals surface area contributed by atoms with Gasteiger partial charge in [0.05, 0.1) is 5.69 Å². The standard InChI is InChI=1S/C15H15NO/c1-2-8-13(9-3-1)17-14-10-4-6-12-7-5-11-16-15(12)14/h1-4,6,8-10,16H,5,7,11H2. The van der Waals surface area contributed by atoms with Crippen LogP contribution in [0.2, 0.25) is 0 Å². The van der Waals surface area contributed by atoms with E-state index in [-0.39, 0.29) is 0 Å². The van der Waals surface area contributed by atoms with Crippen molar-refractivity contribution in [2.75, 3.05) is 11.9 Å². The third-order valence-electron chi connectivity index (χ3n) is 3.01. The van der Waals surface area contributed by atoms with Crippen molar-refractivity contribution in [2.45, 2.75) is 12.8 Å². The topological polar surface area (TPSA) is 21.3 Å². The van der Waals surface area contributed by atoms with Crippen molar-refractivity contribution >= 4 is 5.69 Å². The van der Waals surface area contributed by atoms with E-state index >= 15 is 0 Å². The molecule has 1 aliphatic rings. The van der Waals surface area contributed by atoms with Crippen LogP contribution in [0.5, 0.6) is 11.5 Å². The minimum absolute atomic E-state index is 0.883.